The summed E-state index contributed by atoms with van der Waals surface area (Å²) in [5, 5.41) is 9.00. The molecule has 142 valence electrons. The molecule has 0 aromatic heterocycles. The molecule has 0 amide bonds. The van der Waals surface area contributed by atoms with Gasteiger partial charge in [0.05, 0.1) is 17.8 Å². The Bertz CT molecular complexity index is 491. The highest BCUT2D eigenvalue weighted by atomic mass is 16.6. The Labute approximate surface area is 149 Å². The number of hydrogen-bond acceptors (Lipinski definition) is 5. The molecule has 2 aliphatic carbocycles. The lowest BCUT2D eigenvalue weighted by atomic mass is 9.82. The number of ether oxygens (including phenoxy) is 2. The summed E-state index contributed by atoms with van der Waals surface area (Å²) in [5.41, 5.74) is -0.484. The molecule has 0 bridgehead atoms. The quantitative estimate of drug-likeness (QED) is 0.779. The van der Waals surface area contributed by atoms with Crippen LogP contribution in [0.4, 0.5) is 0 Å². The molecule has 2 rings (SSSR count). The Hall–Kier alpha value is -1.59. The number of esters is 2. The van der Waals surface area contributed by atoms with E-state index in [0.717, 1.165) is 0 Å². The number of aliphatic carboxylic acids is 1. The van der Waals surface area contributed by atoms with Crippen molar-refractivity contribution in [3.63, 3.8) is 0 Å². The van der Waals surface area contributed by atoms with Crippen molar-refractivity contribution in [2.24, 2.45) is 17.8 Å². The van der Waals surface area contributed by atoms with Crippen LogP contribution in [-0.2, 0) is 23.9 Å². The van der Waals surface area contributed by atoms with Crippen LogP contribution in [0.15, 0.2) is 0 Å². The topological polar surface area (TPSA) is 89.9 Å². The highest BCUT2D eigenvalue weighted by molar-refractivity contribution is 5.75. The minimum atomic E-state index is -0.759. The zero-order valence-electron chi connectivity index (χ0n) is 15.5. The fourth-order valence-electron chi connectivity index (χ4n) is 3.64. The highest BCUT2D eigenvalue weighted by Crippen LogP contribution is 2.33. The predicted molar refractivity (Wildman–Crippen MR) is 90.8 cm³/mol. The number of carboxylic acid groups (broad SMARTS) is 1. The largest absolute Gasteiger partial charge is 0.481 e. The van der Waals surface area contributed by atoms with E-state index in [2.05, 4.69) is 0 Å². The molecule has 6 nitrogen and oxygen atoms in total. The van der Waals surface area contributed by atoms with Crippen LogP contribution in [0.3, 0.4) is 0 Å². The summed E-state index contributed by atoms with van der Waals surface area (Å²) in [6.07, 6.45) is 4.82. The highest BCUT2D eigenvalue weighted by Gasteiger charge is 2.35. The first kappa shape index (κ1) is 19.7. The van der Waals surface area contributed by atoms with Crippen LogP contribution in [0, 0.1) is 17.8 Å². The normalized spacial score (nSPS) is 30.4. The average molecular weight is 354 g/mol. The van der Waals surface area contributed by atoms with Crippen LogP contribution in [0.2, 0.25) is 0 Å². The summed E-state index contributed by atoms with van der Waals surface area (Å²) in [4.78, 5) is 35.4. The zero-order chi connectivity index (χ0) is 18.6. The van der Waals surface area contributed by atoms with Crippen molar-refractivity contribution in [3.8, 4) is 0 Å². The van der Waals surface area contributed by atoms with E-state index in [1.54, 1.807) is 0 Å². The fraction of sp³-hybridized carbons (Fsp3) is 0.842. The predicted octanol–water partition coefficient (Wildman–Crippen LogP) is 3.32. The standard InChI is InChI=1S/C19H30O6/c1-19(2,3)25-18(23)14-6-4-13(5-7-14)17(22)24-15-10-8-12(9-11-15)16(20)21/h12-15H,4-11H2,1-3H3,(H,20,21). The second kappa shape index (κ2) is 8.19. The van der Waals surface area contributed by atoms with E-state index in [9.17, 15) is 14.4 Å². The maximum absolute atomic E-state index is 12.3. The van der Waals surface area contributed by atoms with Gasteiger partial charge in [-0.2, -0.15) is 0 Å². The van der Waals surface area contributed by atoms with Crippen molar-refractivity contribution in [1.29, 1.82) is 0 Å². The molecule has 0 atom stereocenters. The van der Waals surface area contributed by atoms with E-state index in [1.807, 2.05) is 20.8 Å². The minimum Gasteiger partial charge on any atom is -0.481 e. The van der Waals surface area contributed by atoms with Gasteiger partial charge < -0.3 is 14.6 Å². The Morgan fingerprint density at radius 3 is 1.64 bits per heavy atom. The van der Waals surface area contributed by atoms with Gasteiger partial charge in [-0.25, -0.2) is 0 Å². The van der Waals surface area contributed by atoms with Crippen molar-refractivity contribution in [2.45, 2.75) is 83.8 Å². The van der Waals surface area contributed by atoms with Gasteiger partial charge in [0.2, 0.25) is 0 Å². The lowest BCUT2D eigenvalue weighted by Gasteiger charge is -2.31. The molecular formula is C19H30O6. The van der Waals surface area contributed by atoms with E-state index in [4.69, 9.17) is 14.6 Å². The molecule has 6 heteroatoms. The molecular weight excluding hydrogens is 324 g/mol. The van der Waals surface area contributed by atoms with Gasteiger partial charge in [0, 0.05) is 0 Å². The molecule has 0 saturated heterocycles. The summed E-state index contributed by atoms with van der Waals surface area (Å²) in [7, 11) is 0. The van der Waals surface area contributed by atoms with Crippen molar-refractivity contribution in [1.82, 2.24) is 0 Å². The van der Waals surface area contributed by atoms with Gasteiger partial charge in [-0.15, -0.1) is 0 Å². The van der Waals surface area contributed by atoms with E-state index in [0.29, 0.717) is 51.4 Å². The van der Waals surface area contributed by atoms with Crippen molar-refractivity contribution >= 4 is 17.9 Å². The molecule has 0 aromatic carbocycles. The van der Waals surface area contributed by atoms with Crippen LogP contribution in [0.25, 0.3) is 0 Å². The van der Waals surface area contributed by atoms with Crippen LogP contribution < -0.4 is 0 Å². The smallest absolute Gasteiger partial charge is 0.309 e. The Balaban J connectivity index is 1.73. The summed E-state index contributed by atoms with van der Waals surface area (Å²) >= 11 is 0. The van der Waals surface area contributed by atoms with Crippen LogP contribution >= 0.6 is 0 Å². The van der Waals surface area contributed by atoms with Crippen LogP contribution in [0.1, 0.15) is 72.1 Å². The van der Waals surface area contributed by atoms with Crippen LogP contribution in [-0.4, -0.2) is 34.7 Å². The second-order valence-corrected chi connectivity index (χ2v) is 8.33. The molecule has 2 aliphatic rings. The molecule has 2 saturated carbocycles. The van der Waals surface area contributed by atoms with Gasteiger partial charge in [0.25, 0.3) is 0 Å². The number of rotatable bonds is 4. The third kappa shape index (κ3) is 6.01. The average Bonchev–Trinajstić information content (AvgIpc) is 2.54. The number of carbonyl (C=O) groups excluding carboxylic acids is 2. The third-order valence-electron chi connectivity index (χ3n) is 5.11. The molecule has 0 unspecified atom stereocenters. The Kier molecular flexibility index (Phi) is 6.47. The van der Waals surface area contributed by atoms with Crippen molar-refractivity contribution in [3.05, 3.63) is 0 Å². The van der Waals surface area contributed by atoms with Crippen LogP contribution in [0.5, 0.6) is 0 Å². The lowest BCUT2D eigenvalue weighted by Crippen LogP contribution is -2.34. The maximum Gasteiger partial charge on any atom is 0.309 e. The lowest BCUT2D eigenvalue weighted by molar-refractivity contribution is -0.165. The number of carbonyl (C=O) groups is 3. The van der Waals surface area contributed by atoms with Crippen molar-refractivity contribution < 1.29 is 29.0 Å². The van der Waals surface area contributed by atoms with Gasteiger partial charge in [-0.1, -0.05) is 0 Å². The summed E-state index contributed by atoms with van der Waals surface area (Å²) in [5.74, 6) is -1.72. The van der Waals surface area contributed by atoms with Crippen molar-refractivity contribution in [2.75, 3.05) is 0 Å². The van der Waals surface area contributed by atoms with Gasteiger partial charge in [0.15, 0.2) is 0 Å². The van der Waals surface area contributed by atoms with Gasteiger partial charge in [-0.05, 0) is 72.1 Å². The van der Waals surface area contributed by atoms with Gasteiger partial charge in [-0.3, -0.25) is 14.4 Å². The summed E-state index contributed by atoms with van der Waals surface area (Å²) < 4.78 is 11.0. The molecule has 0 radical (unpaired) electrons. The van der Waals surface area contributed by atoms with Gasteiger partial charge in [0.1, 0.15) is 11.7 Å². The summed E-state index contributed by atoms with van der Waals surface area (Å²) in [6, 6.07) is 0. The first-order chi connectivity index (χ1) is 11.7. The minimum absolute atomic E-state index is 0.130. The molecule has 2 fully saturated rings. The molecule has 0 aromatic rings. The Morgan fingerprint density at radius 2 is 1.20 bits per heavy atom. The Morgan fingerprint density at radius 1 is 0.760 bits per heavy atom. The zero-order valence-corrected chi connectivity index (χ0v) is 15.5. The third-order valence-corrected chi connectivity index (χ3v) is 5.11. The first-order valence-electron chi connectivity index (χ1n) is 9.32. The SMILES string of the molecule is CC(C)(C)OC(=O)C1CCC(C(=O)OC2CCC(C(=O)O)CC2)CC1. The molecule has 25 heavy (non-hydrogen) atoms. The number of carboxylic acids is 1. The van der Waals surface area contributed by atoms with Gasteiger partial charge >= 0.3 is 17.9 Å². The number of hydrogen-bond donors (Lipinski definition) is 1. The summed E-state index contributed by atoms with van der Waals surface area (Å²) in [6.45, 7) is 5.56. The molecule has 0 spiro atoms. The molecule has 0 aliphatic heterocycles. The van der Waals surface area contributed by atoms with E-state index >= 15 is 0 Å². The molecule has 1 N–H and O–H groups in total. The first-order valence-corrected chi connectivity index (χ1v) is 9.32. The van der Waals surface area contributed by atoms with E-state index < -0.39 is 11.6 Å². The fourth-order valence-corrected chi connectivity index (χ4v) is 3.64. The maximum atomic E-state index is 12.3. The monoisotopic (exact) mass is 354 g/mol. The molecule has 0 heterocycles. The second-order valence-electron chi connectivity index (χ2n) is 8.33. The van der Waals surface area contributed by atoms with E-state index in [-0.39, 0.29) is 35.8 Å². The van der Waals surface area contributed by atoms with E-state index in [1.165, 1.54) is 0 Å².